The molecule has 2 N–H and O–H groups in total. The van der Waals surface area contributed by atoms with Crippen molar-refractivity contribution in [1.82, 2.24) is 14.9 Å². The van der Waals surface area contributed by atoms with Crippen LogP contribution in [0.15, 0.2) is 53.6 Å². The molecular formula is C19H20N4O3S2. The molecule has 1 amide bonds. The summed E-state index contributed by atoms with van der Waals surface area (Å²) < 4.78 is 23.2. The summed E-state index contributed by atoms with van der Waals surface area (Å²) in [6.07, 6.45) is 1.68. The summed E-state index contributed by atoms with van der Waals surface area (Å²) in [4.78, 5) is 23.9. The van der Waals surface area contributed by atoms with Gasteiger partial charge in [0.2, 0.25) is 10.0 Å². The number of thiazole rings is 1. The smallest absolute Gasteiger partial charge is 0.266 e. The number of carbonyl (C=O) groups is 1. The van der Waals surface area contributed by atoms with E-state index in [1.54, 1.807) is 37.2 Å². The van der Waals surface area contributed by atoms with Crippen LogP contribution in [0.3, 0.4) is 0 Å². The van der Waals surface area contributed by atoms with E-state index in [-0.39, 0.29) is 16.8 Å². The van der Waals surface area contributed by atoms with E-state index in [2.05, 4.69) is 9.97 Å². The third kappa shape index (κ3) is 4.11. The monoisotopic (exact) mass is 416 g/mol. The highest BCUT2D eigenvalue weighted by Crippen LogP contribution is 2.30. The molecular weight excluding hydrogens is 396 g/mol. The van der Waals surface area contributed by atoms with Crippen LogP contribution in [-0.4, -0.2) is 36.2 Å². The lowest BCUT2D eigenvalue weighted by molar-refractivity contribution is 0.0746. The first-order valence-corrected chi connectivity index (χ1v) is 10.8. The van der Waals surface area contributed by atoms with E-state index in [9.17, 15) is 13.2 Å². The van der Waals surface area contributed by atoms with Crippen molar-refractivity contribution in [3.63, 3.8) is 0 Å². The van der Waals surface area contributed by atoms with Gasteiger partial charge in [0.25, 0.3) is 5.91 Å². The van der Waals surface area contributed by atoms with Crippen molar-refractivity contribution < 1.29 is 13.2 Å². The molecule has 146 valence electrons. The maximum absolute atomic E-state index is 13.0. The topological polar surface area (TPSA) is 106 Å². The molecule has 28 heavy (non-hydrogen) atoms. The van der Waals surface area contributed by atoms with E-state index < -0.39 is 10.0 Å². The van der Waals surface area contributed by atoms with Gasteiger partial charge in [-0.05, 0) is 43.7 Å². The second-order valence-corrected chi connectivity index (χ2v) is 8.92. The number of aromatic nitrogens is 2. The van der Waals surface area contributed by atoms with Crippen molar-refractivity contribution in [2.75, 3.05) is 7.05 Å². The van der Waals surface area contributed by atoms with Crippen molar-refractivity contribution in [3.05, 3.63) is 64.8 Å². The van der Waals surface area contributed by atoms with Crippen LogP contribution in [0.1, 0.15) is 33.9 Å². The fourth-order valence-electron chi connectivity index (χ4n) is 2.70. The highest BCUT2D eigenvalue weighted by molar-refractivity contribution is 7.89. The Morgan fingerprint density at radius 1 is 1.21 bits per heavy atom. The van der Waals surface area contributed by atoms with Gasteiger partial charge in [-0.2, -0.15) is 0 Å². The Kier molecular flexibility index (Phi) is 5.59. The van der Waals surface area contributed by atoms with E-state index in [1.807, 2.05) is 25.1 Å². The molecule has 9 heteroatoms. The Bertz CT molecular complexity index is 1110. The maximum atomic E-state index is 13.0. The quantitative estimate of drug-likeness (QED) is 0.688. The Morgan fingerprint density at radius 2 is 1.96 bits per heavy atom. The minimum Gasteiger partial charge on any atom is -0.334 e. The van der Waals surface area contributed by atoms with Gasteiger partial charge in [-0.15, -0.1) is 11.3 Å². The summed E-state index contributed by atoms with van der Waals surface area (Å²) >= 11 is 1.29. The first kappa shape index (κ1) is 20.1. The van der Waals surface area contributed by atoms with E-state index in [1.165, 1.54) is 23.5 Å². The van der Waals surface area contributed by atoms with Crippen LogP contribution in [0.4, 0.5) is 0 Å². The predicted molar refractivity (Wildman–Crippen MR) is 108 cm³/mol. The summed E-state index contributed by atoms with van der Waals surface area (Å²) in [7, 11) is -2.13. The molecule has 2 heterocycles. The van der Waals surface area contributed by atoms with Crippen molar-refractivity contribution in [3.8, 4) is 10.7 Å². The van der Waals surface area contributed by atoms with Gasteiger partial charge in [0, 0.05) is 13.2 Å². The molecule has 0 fully saturated rings. The lowest BCUT2D eigenvalue weighted by Crippen LogP contribution is -2.29. The number of nitrogens with two attached hydrogens (primary N) is 1. The van der Waals surface area contributed by atoms with Crippen LogP contribution in [0.2, 0.25) is 0 Å². The number of carbonyl (C=O) groups excluding carboxylic acids is 1. The molecule has 0 bridgehead atoms. The van der Waals surface area contributed by atoms with Crippen LogP contribution in [0, 0.1) is 6.92 Å². The fraction of sp³-hybridized carbons (Fsp3) is 0.211. The third-order valence-electron chi connectivity index (χ3n) is 4.45. The Balaban J connectivity index is 1.88. The molecule has 2 aromatic heterocycles. The summed E-state index contributed by atoms with van der Waals surface area (Å²) in [5.74, 6) is -0.189. The van der Waals surface area contributed by atoms with Gasteiger partial charge in [0.05, 0.1) is 22.3 Å². The standard InChI is InChI=1S/C19H20N4O3S2/c1-12-17(27-18(22-12)16-9-4-5-10-21-16)19(24)23(3)13(2)14-7-6-8-15(11-14)28(20,25)26/h4-11,13H,1-3H3,(H2,20,25,26). The number of amides is 1. The zero-order valence-corrected chi connectivity index (χ0v) is 17.3. The SMILES string of the molecule is Cc1nc(-c2ccccn2)sc1C(=O)N(C)C(C)c1cccc(S(N)(=O)=O)c1. The minimum absolute atomic E-state index is 0.0177. The van der Waals surface area contributed by atoms with Crippen LogP contribution in [0.25, 0.3) is 10.7 Å². The highest BCUT2D eigenvalue weighted by Gasteiger charge is 2.24. The van der Waals surface area contributed by atoms with E-state index in [4.69, 9.17) is 5.14 Å². The molecule has 7 nitrogen and oxygen atoms in total. The number of hydrogen-bond acceptors (Lipinski definition) is 6. The van der Waals surface area contributed by atoms with Gasteiger partial charge >= 0.3 is 0 Å². The largest absolute Gasteiger partial charge is 0.334 e. The van der Waals surface area contributed by atoms with Crippen molar-refractivity contribution in [2.24, 2.45) is 5.14 Å². The number of rotatable bonds is 5. The van der Waals surface area contributed by atoms with Gasteiger partial charge in [-0.1, -0.05) is 18.2 Å². The zero-order valence-electron chi connectivity index (χ0n) is 15.7. The molecule has 0 aliphatic carbocycles. The molecule has 1 atom stereocenters. The summed E-state index contributed by atoms with van der Waals surface area (Å²) in [6.45, 7) is 3.62. The molecule has 3 rings (SSSR count). The molecule has 1 unspecified atom stereocenters. The van der Waals surface area contributed by atoms with Crippen LogP contribution >= 0.6 is 11.3 Å². The van der Waals surface area contributed by atoms with Crippen LogP contribution < -0.4 is 5.14 Å². The first-order chi connectivity index (χ1) is 13.2. The third-order valence-corrected chi connectivity index (χ3v) is 6.52. The minimum atomic E-state index is -3.81. The lowest BCUT2D eigenvalue weighted by Gasteiger charge is -2.25. The molecule has 0 saturated carbocycles. The van der Waals surface area contributed by atoms with Gasteiger partial charge in [-0.25, -0.2) is 18.5 Å². The molecule has 0 spiro atoms. The molecule has 0 saturated heterocycles. The van der Waals surface area contributed by atoms with E-state index in [0.29, 0.717) is 26.8 Å². The first-order valence-electron chi connectivity index (χ1n) is 8.47. The summed E-state index contributed by atoms with van der Waals surface area (Å²) in [6, 6.07) is 11.5. The number of sulfonamides is 1. The van der Waals surface area contributed by atoms with Gasteiger partial charge in [0.1, 0.15) is 9.88 Å². The highest BCUT2D eigenvalue weighted by atomic mass is 32.2. The van der Waals surface area contributed by atoms with Gasteiger partial charge < -0.3 is 4.90 Å². The Hall–Kier alpha value is -2.62. The van der Waals surface area contributed by atoms with Crippen molar-refractivity contribution in [1.29, 1.82) is 0 Å². The average molecular weight is 417 g/mol. The molecule has 1 aromatic carbocycles. The second-order valence-electron chi connectivity index (χ2n) is 6.36. The van der Waals surface area contributed by atoms with E-state index >= 15 is 0 Å². The van der Waals surface area contributed by atoms with Crippen LogP contribution in [-0.2, 0) is 10.0 Å². The van der Waals surface area contributed by atoms with Crippen molar-refractivity contribution in [2.45, 2.75) is 24.8 Å². The average Bonchev–Trinajstić information content (AvgIpc) is 3.08. The van der Waals surface area contributed by atoms with Gasteiger partial charge in [-0.3, -0.25) is 9.78 Å². The predicted octanol–water partition coefficient (Wildman–Crippen LogP) is 2.99. The molecule has 0 aliphatic rings. The van der Waals surface area contributed by atoms with E-state index in [0.717, 1.165) is 0 Å². The number of pyridine rings is 1. The number of primary sulfonamides is 1. The zero-order chi connectivity index (χ0) is 20.5. The number of hydrogen-bond donors (Lipinski definition) is 1. The Labute approximate surface area is 167 Å². The molecule has 0 radical (unpaired) electrons. The Morgan fingerprint density at radius 3 is 2.61 bits per heavy atom. The van der Waals surface area contributed by atoms with Crippen molar-refractivity contribution >= 4 is 27.3 Å². The normalized spacial score (nSPS) is 12.6. The lowest BCUT2D eigenvalue weighted by atomic mass is 10.1. The number of nitrogens with zero attached hydrogens (tertiary/aromatic N) is 3. The molecule has 3 aromatic rings. The summed E-state index contributed by atoms with van der Waals surface area (Å²) in [5.41, 5.74) is 2.02. The fourth-order valence-corrected chi connectivity index (χ4v) is 4.30. The maximum Gasteiger partial charge on any atom is 0.266 e. The second kappa shape index (κ2) is 7.78. The summed E-state index contributed by atoms with van der Waals surface area (Å²) in [5, 5.41) is 5.89. The number of benzene rings is 1. The number of aryl methyl sites for hydroxylation is 1. The van der Waals surface area contributed by atoms with Gasteiger partial charge in [0.15, 0.2) is 0 Å². The molecule has 0 aliphatic heterocycles. The van der Waals surface area contributed by atoms with Crippen LogP contribution in [0.5, 0.6) is 0 Å².